The number of carbonyl (C=O) groups is 2. The van der Waals surface area contributed by atoms with Crippen LogP contribution in [0, 0.1) is 5.92 Å². The molecule has 2 aromatic carbocycles. The summed E-state index contributed by atoms with van der Waals surface area (Å²) in [5.41, 5.74) is 1.08. The van der Waals surface area contributed by atoms with E-state index in [1.165, 1.54) is 0 Å². The fourth-order valence-electron chi connectivity index (χ4n) is 3.73. The molecule has 2 heterocycles. The van der Waals surface area contributed by atoms with Crippen LogP contribution in [0.2, 0.25) is 0 Å². The van der Waals surface area contributed by atoms with Gasteiger partial charge in [-0.15, -0.1) is 0 Å². The average Bonchev–Trinajstić information content (AvgIpc) is 3.26. The van der Waals surface area contributed by atoms with Crippen LogP contribution in [0.3, 0.4) is 0 Å². The van der Waals surface area contributed by atoms with Gasteiger partial charge in [0.15, 0.2) is 6.61 Å². The zero-order valence-corrected chi connectivity index (χ0v) is 19.2. The van der Waals surface area contributed by atoms with E-state index >= 15 is 0 Å². The van der Waals surface area contributed by atoms with Crippen molar-refractivity contribution in [3.63, 3.8) is 0 Å². The number of nitrogens with zero attached hydrogens (tertiary/aromatic N) is 3. The van der Waals surface area contributed by atoms with Gasteiger partial charge in [-0.05, 0) is 36.6 Å². The fourth-order valence-corrected chi connectivity index (χ4v) is 4.14. The quantitative estimate of drug-likeness (QED) is 0.537. The molecule has 1 aliphatic heterocycles. The smallest absolute Gasteiger partial charge is 0.260 e. The molecule has 32 heavy (non-hydrogen) atoms. The first-order valence-electron chi connectivity index (χ1n) is 10.6. The molecular weight excluding hydrogens is 472 g/mol. The lowest BCUT2D eigenvalue weighted by atomic mass is 9.96. The van der Waals surface area contributed by atoms with Gasteiger partial charge in [-0.25, -0.2) is 4.68 Å². The van der Waals surface area contributed by atoms with E-state index in [4.69, 9.17) is 4.74 Å². The predicted octanol–water partition coefficient (Wildman–Crippen LogP) is 3.95. The molecule has 2 amide bonds. The number of anilines is 1. The number of piperidine rings is 1. The van der Waals surface area contributed by atoms with E-state index in [9.17, 15) is 9.59 Å². The molecule has 7 nitrogen and oxygen atoms in total. The third-order valence-electron chi connectivity index (χ3n) is 5.57. The zero-order chi connectivity index (χ0) is 22.3. The lowest BCUT2D eigenvalue weighted by Crippen LogP contribution is -2.43. The van der Waals surface area contributed by atoms with Crippen molar-refractivity contribution < 1.29 is 14.3 Å². The Morgan fingerprint density at radius 2 is 1.75 bits per heavy atom. The maximum Gasteiger partial charge on any atom is 0.260 e. The van der Waals surface area contributed by atoms with Gasteiger partial charge in [-0.3, -0.25) is 9.59 Å². The minimum atomic E-state index is -0.138. The van der Waals surface area contributed by atoms with E-state index in [-0.39, 0.29) is 24.3 Å². The molecule has 0 aliphatic carbocycles. The molecule has 1 aliphatic rings. The molecule has 0 radical (unpaired) electrons. The SMILES string of the molecule is O=C(Nc1ccnn1Cc1ccccc1Br)C1CCN(C(=O)COc2ccccc2)CC1. The number of benzene rings is 2. The summed E-state index contributed by atoms with van der Waals surface area (Å²) < 4.78 is 8.33. The van der Waals surface area contributed by atoms with E-state index in [0.717, 1.165) is 10.0 Å². The maximum absolute atomic E-state index is 12.8. The van der Waals surface area contributed by atoms with Gasteiger partial charge in [-0.1, -0.05) is 52.3 Å². The van der Waals surface area contributed by atoms with Crippen molar-refractivity contribution in [2.24, 2.45) is 5.92 Å². The van der Waals surface area contributed by atoms with Crippen molar-refractivity contribution in [1.29, 1.82) is 0 Å². The highest BCUT2D eigenvalue weighted by Crippen LogP contribution is 2.22. The van der Waals surface area contributed by atoms with Crippen molar-refractivity contribution in [3.05, 3.63) is 76.9 Å². The molecule has 0 unspecified atom stereocenters. The van der Waals surface area contributed by atoms with Crippen molar-refractivity contribution in [1.82, 2.24) is 14.7 Å². The highest BCUT2D eigenvalue weighted by Gasteiger charge is 2.28. The lowest BCUT2D eigenvalue weighted by Gasteiger charge is -2.31. The molecule has 1 fully saturated rings. The largest absolute Gasteiger partial charge is 0.484 e. The van der Waals surface area contributed by atoms with Crippen LogP contribution in [-0.4, -0.2) is 46.2 Å². The monoisotopic (exact) mass is 496 g/mol. The summed E-state index contributed by atoms with van der Waals surface area (Å²) in [6, 6.07) is 19.0. The number of hydrogen-bond donors (Lipinski definition) is 1. The van der Waals surface area contributed by atoms with Crippen LogP contribution in [0.15, 0.2) is 71.3 Å². The van der Waals surface area contributed by atoms with E-state index < -0.39 is 0 Å². The fraction of sp³-hybridized carbons (Fsp3) is 0.292. The number of ether oxygens (including phenoxy) is 1. The van der Waals surface area contributed by atoms with Gasteiger partial charge in [0.05, 0.1) is 12.7 Å². The van der Waals surface area contributed by atoms with Gasteiger partial charge in [-0.2, -0.15) is 5.10 Å². The van der Waals surface area contributed by atoms with Crippen LogP contribution in [0.25, 0.3) is 0 Å². The summed E-state index contributed by atoms with van der Waals surface area (Å²) in [5.74, 6) is 1.11. The van der Waals surface area contributed by atoms with Crippen LogP contribution < -0.4 is 10.1 Å². The normalized spacial score (nSPS) is 14.2. The van der Waals surface area contributed by atoms with Crippen LogP contribution >= 0.6 is 15.9 Å². The summed E-state index contributed by atoms with van der Waals surface area (Å²) in [6.07, 6.45) is 2.93. The van der Waals surface area contributed by atoms with E-state index in [0.29, 0.717) is 44.0 Å². The molecule has 1 saturated heterocycles. The molecule has 0 saturated carbocycles. The highest BCUT2D eigenvalue weighted by molar-refractivity contribution is 9.10. The van der Waals surface area contributed by atoms with Gasteiger partial charge in [0.25, 0.3) is 5.91 Å². The standard InChI is InChI=1S/C24H25BrN4O3/c25-21-9-5-4-6-19(21)16-29-22(10-13-26-29)27-24(31)18-11-14-28(15-12-18)23(30)17-32-20-7-2-1-3-8-20/h1-10,13,18H,11-12,14-17H2,(H,27,31). The summed E-state index contributed by atoms with van der Waals surface area (Å²) in [4.78, 5) is 27.0. The average molecular weight is 497 g/mol. The Bertz CT molecular complexity index is 1060. The number of halogens is 1. The van der Waals surface area contributed by atoms with Crippen LogP contribution in [0.5, 0.6) is 5.75 Å². The molecule has 4 rings (SSSR count). The third kappa shape index (κ3) is 5.56. The topological polar surface area (TPSA) is 76.5 Å². The van der Waals surface area contributed by atoms with Gasteiger partial charge in [0, 0.05) is 29.5 Å². The van der Waals surface area contributed by atoms with Gasteiger partial charge < -0.3 is 15.0 Å². The van der Waals surface area contributed by atoms with Crippen molar-refractivity contribution in [2.45, 2.75) is 19.4 Å². The van der Waals surface area contributed by atoms with Gasteiger partial charge in [0.1, 0.15) is 11.6 Å². The Morgan fingerprint density at radius 1 is 1.03 bits per heavy atom. The summed E-state index contributed by atoms with van der Waals surface area (Å²) >= 11 is 3.55. The summed E-state index contributed by atoms with van der Waals surface area (Å²) in [5, 5.41) is 7.35. The van der Waals surface area contributed by atoms with Crippen LogP contribution in [0.1, 0.15) is 18.4 Å². The number of carbonyl (C=O) groups excluding carboxylic acids is 2. The van der Waals surface area contributed by atoms with Crippen LogP contribution in [-0.2, 0) is 16.1 Å². The zero-order valence-electron chi connectivity index (χ0n) is 17.6. The molecule has 0 atom stereocenters. The Balaban J connectivity index is 1.27. The second-order valence-electron chi connectivity index (χ2n) is 7.71. The number of likely N-dealkylation sites (tertiary alicyclic amines) is 1. The summed E-state index contributed by atoms with van der Waals surface area (Å²) in [6.45, 7) is 1.66. The first kappa shape index (κ1) is 22.1. The Kier molecular flexibility index (Phi) is 7.21. The minimum absolute atomic E-state index is 0.00903. The highest BCUT2D eigenvalue weighted by atomic mass is 79.9. The number of aromatic nitrogens is 2. The number of nitrogens with one attached hydrogen (secondary N) is 1. The van der Waals surface area contributed by atoms with Gasteiger partial charge >= 0.3 is 0 Å². The molecule has 1 aromatic heterocycles. The number of para-hydroxylation sites is 1. The first-order chi connectivity index (χ1) is 15.6. The molecule has 1 N–H and O–H groups in total. The van der Waals surface area contributed by atoms with Crippen LogP contribution in [0.4, 0.5) is 5.82 Å². The summed E-state index contributed by atoms with van der Waals surface area (Å²) in [7, 11) is 0. The first-order valence-corrected chi connectivity index (χ1v) is 11.4. The minimum Gasteiger partial charge on any atom is -0.484 e. The number of rotatable bonds is 7. The Hall–Kier alpha value is -3.13. The molecular formula is C24H25BrN4O3. The van der Waals surface area contributed by atoms with E-state index in [1.54, 1.807) is 21.8 Å². The Labute approximate surface area is 195 Å². The second-order valence-corrected chi connectivity index (χ2v) is 8.57. The maximum atomic E-state index is 12.8. The predicted molar refractivity (Wildman–Crippen MR) is 125 cm³/mol. The number of amides is 2. The molecule has 3 aromatic rings. The van der Waals surface area contributed by atoms with Crippen molar-refractivity contribution in [2.75, 3.05) is 25.0 Å². The second kappa shape index (κ2) is 10.5. The van der Waals surface area contributed by atoms with E-state index in [1.807, 2.05) is 54.6 Å². The number of hydrogen-bond acceptors (Lipinski definition) is 4. The lowest BCUT2D eigenvalue weighted by molar-refractivity contribution is -0.136. The third-order valence-corrected chi connectivity index (χ3v) is 6.34. The molecule has 0 spiro atoms. The Morgan fingerprint density at radius 3 is 2.50 bits per heavy atom. The van der Waals surface area contributed by atoms with Crippen molar-refractivity contribution in [3.8, 4) is 5.75 Å². The van der Waals surface area contributed by atoms with Gasteiger partial charge in [0.2, 0.25) is 5.91 Å². The molecule has 8 heteroatoms. The molecule has 0 bridgehead atoms. The molecule has 166 valence electrons. The van der Waals surface area contributed by atoms with E-state index in [2.05, 4.69) is 26.3 Å². The van der Waals surface area contributed by atoms with Crippen molar-refractivity contribution >= 4 is 33.6 Å².